The second kappa shape index (κ2) is 6.25. The summed E-state index contributed by atoms with van der Waals surface area (Å²) in [6.07, 6.45) is 3.56. The van der Waals surface area contributed by atoms with Gasteiger partial charge in [0.1, 0.15) is 11.0 Å². The molecule has 4 nitrogen and oxygen atoms in total. The van der Waals surface area contributed by atoms with Gasteiger partial charge in [-0.3, -0.25) is 9.69 Å². The normalized spacial score (nSPS) is 19.0. The second-order valence-electron chi connectivity index (χ2n) is 5.11. The van der Waals surface area contributed by atoms with E-state index in [1.807, 2.05) is 35.4 Å². The van der Waals surface area contributed by atoms with E-state index in [0.717, 1.165) is 39.3 Å². The number of likely N-dealkylation sites (tertiary alicyclic amines) is 1. The number of hydrogen-bond acceptors (Lipinski definition) is 4. The highest BCUT2D eigenvalue weighted by molar-refractivity contribution is 9.10. The van der Waals surface area contributed by atoms with E-state index in [1.54, 1.807) is 11.3 Å². The topological polar surface area (TPSA) is 53.4 Å². The first-order valence-electron chi connectivity index (χ1n) is 6.81. The summed E-state index contributed by atoms with van der Waals surface area (Å²) in [6.45, 7) is 1.52. The molecule has 21 heavy (non-hydrogen) atoms. The molecule has 0 radical (unpaired) electrons. The fourth-order valence-corrected chi connectivity index (χ4v) is 3.81. The Morgan fingerprint density at radius 1 is 1.43 bits per heavy atom. The molecule has 0 unspecified atom stereocenters. The average Bonchev–Trinajstić information content (AvgIpc) is 3.09. The summed E-state index contributed by atoms with van der Waals surface area (Å²) >= 11 is 5.05. The lowest BCUT2D eigenvalue weighted by atomic mass is 10.2. The Kier molecular flexibility index (Phi) is 4.37. The van der Waals surface area contributed by atoms with Gasteiger partial charge in [-0.1, -0.05) is 28.1 Å². The summed E-state index contributed by atoms with van der Waals surface area (Å²) in [5.74, 6) is -0.717. The first-order chi connectivity index (χ1) is 10.1. The fourth-order valence-electron chi connectivity index (χ4n) is 2.60. The van der Waals surface area contributed by atoms with Crippen LogP contribution < -0.4 is 0 Å². The summed E-state index contributed by atoms with van der Waals surface area (Å²) in [5.41, 5.74) is 1.09. The number of carboxylic acids is 1. The van der Waals surface area contributed by atoms with Crippen LogP contribution in [0.15, 0.2) is 34.9 Å². The molecule has 0 bridgehead atoms. The molecule has 1 aromatic heterocycles. The highest BCUT2D eigenvalue weighted by Crippen LogP contribution is 2.29. The van der Waals surface area contributed by atoms with Crippen molar-refractivity contribution in [3.8, 4) is 10.6 Å². The zero-order valence-corrected chi connectivity index (χ0v) is 13.7. The van der Waals surface area contributed by atoms with Crippen LogP contribution in [0.4, 0.5) is 0 Å². The van der Waals surface area contributed by atoms with E-state index in [4.69, 9.17) is 0 Å². The lowest BCUT2D eigenvalue weighted by Crippen LogP contribution is -2.35. The SMILES string of the molecule is O=C(O)[C@H]1CCCN1Cc1cnc(-c2ccc(Br)cc2)s1. The van der Waals surface area contributed by atoms with Crippen molar-refractivity contribution in [2.24, 2.45) is 0 Å². The number of hydrogen-bond donors (Lipinski definition) is 1. The third-order valence-electron chi connectivity index (χ3n) is 3.65. The molecule has 3 rings (SSSR count). The van der Waals surface area contributed by atoms with Gasteiger partial charge in [-0.2, -0.15) is 0 Å². The van der Waals surface area contributed by atoms with Crippen molar-refractivity contribution in [2.75, 3.05) is 6.54 Å². The molecule has 2 aromatic rings. The van der Waals surface area contributed by atoms with Gasteiger partial charge in [-0.15, -0.1) is 11.3 Å². The zero-order chi connectivity index (χ0) is 14.8. The van der Waals surface area contributed by atoms with Gasteiger partial charge in [0.05, 0.1) is 0 Å². The van der Waals surface area contributed by atoms with Crippen molar-refractivity contribution in [1.29, 1.82) is 0 Å². The van der Waals surface area contributed by atoms with Crippen LogP contribution in [-0.2, 0) is 11.3 Å². The maximum Gasteiger partial charge on any atom is 0.320 e. The Balaban J connectivity index is 1.73. The van der Waals surface area contributed by atoms with Crippen molar-refractivity contribution >= 4 is 33.2 Å². The minimum absolute atomic E-state index is 0.344. The number of benzene rings is 1. The molecule has 0 saturated carbocycles. The lowest BCUT2D eigenvalue weighted by Gasteiger charge is -2.19. The molecule has 1 atom stereocenters. The van der Waals surface area contributed by atoms with E-state index in [0.29, 0.717) is 6.54 Å². The molecule has 1 saturated heterocycles. The minimum Gasteiger partial charge on any atom is -0.480 e. The number of rotatable bonds is 4. The van der Waals surface area contributed by atoms with Crippen LogP contribution in [0.25, 0.3) is 10.6 Å². The summed E-state index contributed by atoms with van der Waals surface area (Å²) in [4.78, 5) is 18.8. The fraction of sp³-hybridized carbons (Fsp3) is 0.333. The van der Waals surface area contributed by atoms with Crippen LogP contribution in [0.2, 0.25) is 0 Å². The van der Waals surface area contributed by atoms with Crippen LogP contribution in [0.5, 0.6) is 0 Å². The molecule has 1 N–H and O–H groups in total. The number of carbonyl (C=O) groups is 1. The number of halogens is 1. The number of aromatic nitrogens is 1. The average molecular weight is 367 g/mol. The molecule has 1 aromatic carbocycles. The third-order valence-corrected chi connectivity index (χ3v) is 5.21. The molecule has 1 fully saturated rings. The molecular formula is C15H15BrN2O2S. The van der Waals surface area contributed by atoms with E-state index in [2.05, 4.69) is 20.9 Å². The van der Waals surface area contributed by atoms with Crippen molar-refractivity contribution in [2.45, 2.75) is 25.4 Å². The van der Waals surface area contributed by atoms with Gasteiger partial charge in [0.15, 0.2) is 0 Å². The number of thiazole rings is 1. The lowest BCUT2D eigenvalue weighted by molar-refractivity contribution is -0.142. The van der Waals surface area contributed by atoms with Crippen molar-refractivity contribution < 1.29 is 9.90 Å². The quantitative estimate of drug-likeness (QED) is 0.897. The van der Waals surface area contributed by atoms with Gasteiger partial charge < -0.3 is 5.11 Å². The maximum atomic E-state index is 11.2. The predicted octanol–water partition coefficient (Wildman–Crippen LogP) is 3.62. The standard InChI is InChI=1S/C15H15BrN2O2S/c16-11-5-3-10(4-6-11)14-17-8-12(21-14)9-18-7-1-2-13(18)15(19)20/h3-6,8,13H,1-2,7,9H2,(H,19,20)/t13-/m1/s1. The maximum absolute atomic E-state index is 11.2. The van der Waals surface area contributed by atoms with Crippen molar-refractivity contribution in [3.05, 3.63) is 39.8 Å². The Labute approximate surface area is 135 Å². The van der Waals surface area contributed by atoms with E-state index >= 15 is 0 Å². The summed E-state index contributed by atoms with van der Waals surface area (Å²) in [6, 6.07) is 7.71. The molecule has 0 aliphatic carbocycles. The van der Waals surface area contributed by atoms with E-state index in [-0.39, 0.29) is 6.04 Å². The Morgan fingerprint density at radius 3 is 2.90 bits per heavy atom. The van der Waals surface area contributed by atoms with E-state index < -0.39 is 5.97 Å². The number of nitrogens with zero attached hydrogens (tertiary/aromatic N) is 2. The first-order valence-corrected chi connectivity index (χ1v) is 8.42. The van der Waals surface area contributed by atoms with Crippen molar-refractivity contribution in [1.82, 2.24) is 9.88 Å². The molecule has 0 amide bonds. The molecule has 1 aliphatic heterocycles. The van der Waals surface area contributed by atoms with Crippen LogP contribution in [0.1, 0.15) is 17.7 Å². The van der Waals surface area contributed by atoms with Gasteiger partial charge in [0.25, 0.3) is 0 Å². The summed E-state index contributed by atoms with van der Waals surface area (Å²) in [5, 5.41) is 10.2. The Hall–Kier alpha value is -1.24. The zero-order valence-electron chi connectivity index (χ0n) is 11.3. The van der Waals surface area contributed by atoms with Gasteiger partial charge in [-0.25, -0.2) is 4.98 Å². The van der Waals surface area contributed by atoms with Gasteiger partial charge in [0, 0.05) is 27.7 Å². The Bertz CT molecular complexity index is 641. The Morgan fingerprint density at radius 2 is 2.19 bits per heavy atom. The molecule has 6 heteroatoms. The minimum atomic E-state index is -0.717. The highest BCUT2D eigenvalue weighted by Gasteiger charge is 2.30. The monoisotopic (exact) mass is 366 g/mol. The molecular weight excluding hydrogens is 352 g/mol. The molecule has 1 aliphatic rings. The predicted molar refractivity (Wildman–Crippen MR) is 86.3 cm³/mol. The van der Waals surface area contributed by atoms with Crippen molar-refractivity contribution in [3.63, 3.8) is 0 Å². The third kappa shape index (κ3) is 3.33. The highest BCUT2D eigenvalue weighted by atomic mass is 79.9. The summed E-state index contributed by atoms with van der Waals surface area (Å²) in [7, 11) is 0. The van der Waals surface area contributed by atoms with Gasteiger partial charge >= 0.3 is 5.97 Å². The first kappa shape index (κ1) is 14.7. The smallest absolute Gasteiger partial charge is 0.320 e. The molecule has 0 spiro atoms. The van der Waals surface area contributed by atoms with Gasteiger partial charge in [-0.05, 0) is 31.5 Å². The van der Waals surface area contributed by atoms with E-state index in [9.17, 15) is 9.90 Å². The van der Waals surface area contributed by atoms with Crippen LogP contribution in [-0.4, -0.2) is 33.5 Å². The van der Waals surface area contributed by atoms with Gasteiger partial charge in [0.2, 0.25) is 0 Å². The van der Waals surface area contributed by atoms with Crippen LogP contribution >= 0.6 is 27.3 Å². The second-order valence-corrected chi connectivity index (χ2v) is 7.14. The summed E-state index contributed by atoms with van der Waals surface area (Å²) < 4.78 is 1.05. The molecule has 110 valence electrons. The molecule has 2 heterocycles. The van der Waals surface area contributed by atoms with E-state index in [1.165, 1.54) is 0 Å². The largest absolute Gasteiger partial charge is 0.480 e. The number of carboxylic acid groups (broad SMARTS) is 1. The van der Waals surface area contributed by atoms with Crippen LogP contribution in [0.3, 0.4) is 0 Å². The van der Waals surface area contributed by atoms with Crippen LogP contribution in [0, 0.1) is 0 Å². The number of aliphatic carboxylic acids is 1.